The Balaban J connectivity index is 2.17. The Kier molecular flexibility index (Phi) is 4.98. The quantitative estimate of drug-likeness (QED) is 0.823. The summed E-state index contributed by atoms with van der Waals surface area (Å²) >= 11 is 3.35. The zero-order chi connectivity index (χ0) is 12.8. The number of hydrogen-bond acceptors (Lipinski definition) is 6. The Morgan fingerprint density at radius 3 is 3.00 bits per heavy atom. The molecule has 0 bridgehead atoms. The number of rotatable bonds is 6. The Bertz CT molecular complexity index is 488. The molecule has 0 aromatic carbocycles. The van der Waals surface area contributed by atoms with Crippen LogP contribution in [0.2, 0.25) is 0 Å². The van der Waals surface area contributed by atoms with E-state index >= 15 is 0 Å². The zero-order valence-electron chi connectivity index (χ0n) is 10.3. The molecule has 96 valence electrons. The summed E-state index contributed by atoms with van der Waals surface area (Å²) in [5, 5.41) is 6.04. The summed E-state index contributed by atoms with van der Waals surface area (Å²) in [6.07, 6.45) is 0. The van der Waals surface area contributed by atoms with Crippen LogP contribution in [-0.2, 0) is 11.3 Å². The monoisotopic (exact) mass is 281 g/mol. The molecule has 2 rings (SSSR count). The average Bonchev–Trinajstić information content (AvgIpc) is 2.89. The highest BCUT2D eigenvalue weighted by molar-refractivity contribution is 8.01. The van der Waals surface area contributed by atoms with E-state index in [0.717, 1.165) is 10.8 Å². The van der Waals surface area contributed by atoms with E-state index in [1.807, 2.05) is 26.1 Å². The summed E-state index contributed by atoms with van der Waals surface area (Å²) in [5.74, 6) is 1.53. The third kappa shape index (κ3) is 3.69. The first kappa shape index (κ1) is 13.3. The van der Waals surface area contributed by atoms with Gasteiger partial charge in [0.1, 0.15) is 17.5 Å². The number of aromatic nitrogens is 2. The van der Waals surface area contributed by atoms with E-state index in [2.05, 4.69) is 26.7 Å². The van der Waals surface area contributed by atoms with Crippen LogP contribution < -0.4 is 5.32 Å². The predicted molar refractivity (Wildman–Crippen MR) is 75.4 cm³/mol. The first-order valence-corrected chi connectivity index (χ1v) is 7.36. The maximum Gasteiger partial charge on any atom is 0.157 e. The van der Waals surface area contributed by atoms with Crippen molar-refractivity contribution in [2.75, 3.05) is 19.0 Å². The first-order chi connectivity index (χ1) is 8.81. The molecule has 0 unspecified atom stereocenters. The molecule has 2 heterocycles. The summed E-state index contributed by atoms with van der Waals surface area (Å²) in [4.78, 5) is 8.85. The normalized spacial score (nSPS) is 10.6. The van der Waals surface area contributed by atoms with Crippen molar-refractivity contribution in [3.63, 3.8) is 0 Å². The fraction of sp³-hybridized carbons (Fsp3) is 0.333. The van der Waals surface area contributed by atoms with Crippen molar-refractivity contribution in [2.24, 2.45) is 0 Å². The molecule has 6 heteroatoms. The van der Waals surface area contributed by atoms with Crippen molar-refractivity contribution in [2.45, 2.75) is 22.8 Å². The Hall–Kier alpha value is -1.11. The number of nitrogens with one attached hydrogen (secondary N) is 1. The van der Waals surface area contributed by atoms with E-state index in [9.17, 15) is 0 Å². The van der Waals surface area contributed by atoms with E-state index in [1.165, 1.54) is 4.21 Å². The molecule has 2 aromatic heterocycles. The van der Waals surface area contributed by atoms with E-state index in [-0.39, 0.29) is 0 Å². The highest BCUT2D eigenvalue weighted by atomic mass is 32.2. The fourth-order valence-corrected chi connectivity index (χ4v) is 3.07. The molecule has 0 fully saturated rings. The van der Waals surface area contributed by atoms with Crippen molar-refractivity contribution in [1.82, 2.24) is 9.97 Å². The van der Waals surface area contributed by atoms with Crippen LogP contribution in [0.4, 0.5) is 5.82 Å². The van der Waals surface area contributed by atoms with Crippen molar-refractivity contribution in [3.05, 3.63) is 29.4 Å². The molecule has 18 heavy (non-hydrogen) atoms. The maximum absolute atomic E-state index is 5.35. The summed E-state index contributed by atoms with van der Waals surface area (Å²) in [6, 6.07) is 6.06. The van der Waals surface area contributed by atoms with E-state index in [4.69, 9.17) is 4.74 Å². The molecule has 0 radical (unpaired) electrons. The van der Waals surface area contributed by atoms with Gasteiger partial charge < -0.3 is 10.1 Å². The van der Waals surface area contributed by atoms with Gasteiger partial charge in [-0.25, -0.2) is 9.97 Å². The van der Waals surface area contributed by atoms with Crippen LogP contribution in [0.15, 0.2) is 32.8 Å². The van der Waals surface area contributed by atoms with Gasteiger partial charge in [-0.3, -0.25) is 0 Å². The van der Waals surface area contributed by atoms with Gasteiger partial charge in [-0.05, 0) is 18.4 Å². The highest BCUT2D eigenvalue weighted by Gasteiger charge is 2.06. The Morgan fingerprint density at radius 2 is 2.33 bits per heavy atom. The first-order valence-electron chi connectivity index (χ1n) is 5.66. The second kappa shape index (κ2) is 6.72. The van der Waals surface area contributed by atoms with Crippen LogP contribution in [0, 0.1) is 0 Å². The van der Waals surface area contributed by atoms with Crippen LogP contribution in [0.1, 0.15) is 12.7 Å². The minimum Gasteiger partial charge on any atom is -0.374 e. The molecule has 0 aliphatic rings. The average molecular weight is 281 g/mol. The van der Waals surface area contributed by atoms with Gasteiger partial charge in [0.05, 0.1) is 4.21 Å². The van der Waals surface area contributed by atoms with Gasteiger partial charge in [0, 0.05) is 19.7 Å². The van der Waals surface area contributed by atoms with Crippen LogP contribution in [0.5, 0.6) is 0 Å². The lowest BCUT2D eigenvalue weighted by Gasteiger charge is -2.06. The lowest BCUT2D eigenvalue weighted by Crippen LogP contribution is -2.03. The van der Waals surface area contributed by atoms with Gasteiger partial charge in [-0.15, -0.1) is 11.3 Å². The molecule has 2 aromatic rings. The second-order valence-corrected chi connectivity index (χ2v) is 5.70. The number of nitrogens with zero attached hydrogens (tertiary/aromatic N) is 2. The van der Waals surface area contributed by atoms with Gasteiger partial charge in [0.2, 0.25) is 0 Å². The molecule has 0 amide bonds. The molecule has 1 N–H and O–H groups in total. The molecule has 0 aliphatic heterocycles. The number of anilines is 1. The van der Waals surface area contributed by atoms with Gasteiger partial charge in [0.15, 0.2) is 5.82 Å². The van der Waals surface area contributed by atoms with Gasteiger partial charge in [-0.1, -0.05) is 17.8 Å². The SMILES string of the molecule is CCOCc1nc(NC)cc(Sc2cccs2)n1. The lowest BCUT2D eigenvalue weighted by atomic mass is 10.5. The number of thiophene rings is 1. The van der Waals surface area contributed by atoms with E-state index < -0.39 is 0 Å². The smallest absolute Gasteiger partial charge is 0.157 e. The largest absolute Gasteiger partial charge is 0.374 e. The molecule has 0 spiro atoms. The molecule has 0 saturated carbocycles. The summed E-state index contributed by atoms with van der Waals surface area (Å²) in [7, 11) is 1.85. The molecule has 0 saturated heterocycles. The second-order valence-electron chi connectivity index (χ2n) is 3.43. The van der Waals surface area contributed by atoms with E-state index in [0.29, 0.717) is 19.0 Å². The molecule has 4 nitrogen and oxygen atoms in total. The van der Waals surface area contributed by atoms with Gasteiger partial charge >= 0.3 is 0 Å². The minimum absolute atomic E-state index is 0.448. The topological polar surface area (TPSA) is 47.0 Å². The minimum atomic E-state index is 0.448. The summed E-state index contributed by atoms with van der Waals surface area (Å²) < 4.78 is 6.57. The molecular weight excluding hydrogens is 266 g/mol. The zero-order valence-corrected chi connectivity index (χ0v) is 12.0. The third-order valence-electron chi connectivity index (χ3n) is 2.14. The predicted octanol–water partition coefficient (Wildman–Crippen LogP) is 3.27. The Labute approximate surface area is 115 Å². The van der Waals surface area contributed by atoms with Crippen molar-refractivity contribution >= 4 is 28.9 Å². The van der Waals surface area contributed by atoms with Gasteiger partial charge in [-0.2, -0.15) is 0 Å². The van der Waals surface area contributed by atoms with Crippen molar-refractivity contribution < 1.29 is 4.74 Å². The van der Waals surface area contributed by atoms with Crippen LogP contribution in [0.3, 0.4) is 0 Å². The van der Waals surface area contributed by atoms with Crippen LogP contribution >= 0.6 is 23.1 Å². The molecule has 0 atom stereocenters. The number of hydrogen-bond donors (Lipinski definition) is 1. The Morgan fingerprint density at radius 1 is 1.44 bits per heavy atom. The van der Waals surface area contributed by atoms with Crippen LogP contribution in [-0.4, -0.2) is 23.6 Å². The third-order valence-corrected chi connectivity index (χ3v) is 4.10. The standard InChI is InChI=1S/C12H15N3OS2/c1-3-16-8-10-14-9(13-2)7-11(15-10)18-12-5-4-6-17-12/h4-7H,3,8H2,1-2H3,(H,13,14,15). The molecular formula is C12H15N3OS2. The maximum atomic E-state index is 5.35. The lowest BCUT2D eigenvalue weighted by molar-refractivity contribution is 0.128. The van der Waals surface area contributed by atoms with Gasteiger partial charge in [0.25, 0.3) is 0 Å². The summed E-state index contributed by atoms with van der Waals surface area (Å²) in [6.45, 7) is 3.08. The van der Waals surface area contributed by atoms with Crippen LogP contribution in [0.25, 0.3) is 0 Å². The summed E-state index contributed by atoms with van der Waals surface area (Å²) in [5.41, 5.74) is 0. The molecule has 0 aliphatic carbocycles. The van der Waals surface area contributed by atoms with E-state index in [1.54, 1.807) is 23.1 Å². The van der Waals surface area contributed by atoms with Crippen molar-refractivity contribution in [1.29, 1.82) is 0 Å². The fourth-order valence-electron chi connectivity index (χ4n) is 1.34. The number of ether oxygens (including phenoxy) is 1. The van der Waals surface area contributed by atoms with Crippen molar-refractivity contribution in [3.8, 4) is 0 Å². The highest BCUT2D eigenvalue weighted by Crippen LogP contribution is 2.30.